The van der Waals surface area contributed by atoms with Crippen molar-refractivity contribution in [2.24, 2.45) is 5.73 Å². The molecule has 0 spiro atoms. The van der Waals surface area contributed by atoms with Gasteiger partial charge in [0.1, 0.15) is 11.6 Å². The van der Waals surface area contributed by atoms with E-state index in [4.69, 9.17) is 5.73 Å². The smallest absolute Gasteiger partial charge is 0.123 e. The molecule has 1 heterocycles. The van der Waals surface area contributed by atoms with Crippen LogP contribution in [0.2, 0.25) is 0 Å². The van der Waals surface area contributed by atoms with Crippen molar-refractivity contribution in [2.75, 3.05) is 0 Å². The quantitative estimate of drug-likeness (QED) is 0.778. The third-order valence-corrected chi connectivity index (χ3v) is 2.84. The van der Waals surface area contributed by atoms with Gasteiger partial charge in [0.05, 0.1) is 17.6 Å². The van der Waals surface area contributed by atoms with Gasteiger partial charge in [0, 0.05) is 12.1 Å². The average Bonchev–Trinajstić information content (AvgIpc) is 2.99. The summed E-state index contributed by atoms with van der Waals surface area (Å²) in [5, 5.41) is 9.38. The molecule has 0 saturated heterocycles. The molecule has 15 heavy (non-hydrogen) atoms. The summed E-state index contributed by atoms with van der Waals surface area (Å²) in [5.74, 6) is 1.17. The predicted molar refractivity (Wildman–Crippen MR) is 57.6 cm³/mol. The van der Waals surface area contributed by atoms with E-state index in [9.17, 15) is 5.11 Å². The van der Waals surface area contributed by atoms with E-state index in [1.54, 1.807) is 12.1 Å². The van der Waals surface area contributed by atoms with E-state index >= 15 is 0 Å². The van der Waals surface area contributed by atoms with Crippen LogP contribution in [0.25, 0.3) is 11.0 Å². The molecule has 0 amide bonds. The minimum Gasteiger partial charge on any atom is -0.508 e. The lowest BCUT2D eigenvalue weighted by atomic mass is 10.3. The summed E-state index contributed by atoms with van der Waals surface area (Å²) in [6.45, 7) is 0.450. The van der Waals surface area contributed by atoms with Gasteiger partial charge in [0.2, 0.25) is 0 Å². The lowest BCUT2D eigenvalue weighted by Crippen LogP contribution is -2.06. The summed E-state index contributed by atoms with van der Waals surface area (Å²) in [7, 11) is 0. The maximum atomic E-state index is 9.38. The third kappa shape index (κ3) is 1.29. The van der Waals surface area contributed by atoms with E-state index in [-0.39, 0.29) is 5.75 Å². The molecule has 0 bridgehead atoms. The Morgan fingerprint density at radius 1 is 1.47 bits per heavy atom. The summed E-state index contributed by atoms with van der Waals surface area (Å²) >= 11 is 0. The number of fused-ring (bicyclic) bond motifs is 1. The predicted octanol–water partition coefficient (Wildman–Crippen LogP) is 1.54. The molecule has 0 atom stereocenters. The number of imidazole rings is 1. The number of phenols is 1. The molecule has 3 rings (SSSR count). The van der Waals surface area contributed by atoms with Gasteiger partial charge in [0.25, 0.3) is 0 Å². The van der Waals surface area contributed by atoms with Gasteiger partial charge in [-0.3, -0.25) is 0 Å². The van der Waals surface area contributed by atoms with E-state index in [1.165, 1.54) is 12.8 Å². The Labute approximate surface area is 87.3 Å². The summed E-state index contributed by atoms with van der Waals surface area (Å²) in [4.78, 5) is 4.43. The first-order valence-electron chi connectivity index (χ1n) is 5.19. The Bertz CT molecular complexity index is 514. The Balaban J connectivity index is 2.28. The van der Waals surface area contributed by atoms with Crippen LogP contribution in [-0.2, 0) is 6.54 Å². The molecule has 2 aromatic rings. The molecule has 1 aromatic heterocycles. The zero-order valence-corrected chi connectivity index (χ0v) is 8.35. The van der Waals surface area contributed by atoms with Crippen LogP contribution in [0, 0.1) is 0 Å². The van der Waals surface area contributed by atoms with Gasteiger partial charge in [-0.15, -0.1) is 0 Å². The van der Waals surface area contributed by atoms with Gasteiger partial charge in [-0.1, -0.05) is 0 Å². The summed E-state index contributed by atoms with van der Waals surface area (Å²) in [6, 6.07) is 5.87. The largest absolute Gasteiger partial charge is 0.508 e. The second-order valence-corrected chi connectivity index (χ2v) is 4.01. The summed E-state index contributed by atoms with van der Waals surface area (Å²) < 4.78 is 2.20. The van der Waals surface area contributed by atoms with Crippen LogP contribution < -0.4 is 5.73 Å². The molecular formula is C11H13N3O. The molecule has 0 radical (unpaired) electrons. The first kappa shape index (κ1) is 8.73. The van der Waals surface area contributed by atoms with E-state index in [1.807, 2.05) is 6.07 Å². The molecular weight excluding hydrogens is 190 g/mol. The van der Waals surface area contributed by atoms with Crippen LogP contribution in [0.3, 0.4) is 0 Å². The highest BCUT2D eigenvalue weighted by molar-refractivity contribution is 5.78. The first-order valence-corrected chi connectivity index (χ1v) is 5.19. The summed E-state index contributed by atoms with van der Waals surface area (Å²) in [6.07, 6.45) is 2.42. The number of rotatable bonds is 2. The minimum absolute atomic E-state index is 0.256. The number of hydrogen-bond donors (Lipinski definition) is 2. The molecule has 1 saturated carbocycles. The molecule has 1 aliphatic carbocycles. The lowest BCUT2D eigenvalue weighted by molar-refractivity contribution is 0.476. The second kappa shape index (κ2) is 2.97. The average molecular weight is 203 g/mol. The summed E-state index contributed by atoms with van der Waals surface area (Å²) in [5.41, 5.74) is 7.59. The van der Waals surface area contributed by atoms with Crippen LogP contribution in [0.5, 0.6) is 5.75 Å². The van der Waals surface area contributed by atoms with Crippen LogP contribution in [0.4, 0.5) is 0 Å². The van der Waals surface area contributed by atoms with Crippen LogP contribution >= 0.6 is 0 Å². The zero-order chi connectivity index (χ0) is 10.4. The Morgan fingerprint density at radius 2 is 2.27 bits per heavy atom. The number of phenolic OH excluding ortho intramolecular Hbond substituents is 1. The van der Waals surface area contributed by atoms with Crippen molar-refractivity contribution in [2.45, 2.75) is 25.4 Å². The van der Waals surface area contributed by atoms with E-state index in [0.717, 1.165) is 16.9 Å². The fourth-order valence-electron chi connectivity index (χ4n) is 2.02. The van der Waals surface area contributed by atoms with Gasteiger partial charge in [-0.05, 0) is 25.0 Å². The van der Waals surface area contributed by atoms with Crippen molar-refractivity contribution < 1.29 is 5.11 Å². The fraction of sp³-hybridized carbons (Fsp3) is 0.364. The fourth-order valence-corrected chi connectivity index (χ4v) is 2.02. The van der Waals surface area contributed by atoms with Gasteiger partial charge >= 0.3 is 0 Å². The number of nitrogens with zero attached hydrogens (tertiary/aromatic N) is 2. The van der Waals surface area contributed by atoms with Crippen molar-refractivity contribution in [3.63, 3.8) is 0 Å². The van der Waals surface area contributed by atoms with Gasteiger partial charge in [-0.25, -0.2) is 4.98 Å². The molecule has 0 aliphatic heterocycles. The minimum atomic E-state index is 0.256. The SMILES string of the molecule is NCc1nc2cc(O)ccc2n1C1CC1. The number of aromatic nitrogens is 2. The normalized spacial score (nSPS) is 16.1. The van der Waals surface area contributed by atoms with Gasteiger partial charge in [-0.2, -0.15) is 0 Å². The highest BCUT2D eigenvalue weighted by Crippen LogP contribution is 2.38. The maximum Gasteiger partial charge on any atom is 0.123 e. The number of nitrogens with two attached hydrogens (primary N) is 1. The van der Waals surface area contributed by atoms with E-state index in [0.29, 0.717) is 12.6 Å². The molecule has 4 heteroatoms. The third-order valence-electron chi connectivity index (χ3n) is 2.84. The van der Waals surface area contributed by atoms with E-state index < -0.39 is 0 Å². The molecule has 1 aromatic carbocycles. The topological polar surface area (TPSA) is 64.1 Å². The molecule has 3 N–H and O–H groups in total. The van der Waals surface area contributed by atoms with Crippen LogP contribution in [0.15, 0.2) is 18.2 Å². The van der Waals surface area contributed by atoms with Crippen molar-refractivity contribution >= 4 is 11.0 Å². The Hall–Kier alpha value is -1.55. The number of hydrogen-bond acceptors (Lipinski definition) is 3. The standard InChI is InChI=1S/C11H13N3O/c12-6-11-13-9-5-8(15)3-4-10(9)14(11)7-1-2-7/h3-5,7,15H,1-2,6,12H2. The Kier molecular flexibility index (Phi) is 1.73. The van der Waals surface area contributed by atoms with Gasteiger partial charge in [0.15, 0.2) is 0 Å². The van der Waals surface area contributed by atoms with Crippen molar-refractivity contribution in [1.82, 2.24) is 9.55 Å². The van der Waals surface area contributed by atoms with Gasteiger partial charge < -0.3 is 15.4 Å². The highest BCUT2D eigenvalue weighted by atomic mass is 16.3. The van der Waals surface area contributed by atoms with Crippen molar-refractivity contribution in [3.05, 3.63) is 24.0 Å². The second-order valence-electron chi connectivity index (χ2n) is 4.01. The lowest BCUT2D eigenvalue weighted by Gasteiger charge is -2.04. The van der Waals surface area contributed by atoms with E-state index in [2.05, 4.69) is 9.55 Å². The Morgan fingerprint density at radius 3 is 2.93 bits per heavy atom. The van der Waals surface area contributed by atoms with Crippen LogP contribution in [-0.4, -0.2) is 14.7 Å². The monoisotopic (exact) mass is 203 g/mol. The van der Waals surface area contributed by atoms with Crippen molar-refractivity contribution in [1.29, 1.82) is 0 Å². The maximum absolute atomic E-state index is 9.38. The highest BCUT2D eigenvalue weighted by Gasteiger charge is 2.27. The number of benzene rings is 1. The molecule has 1 fully saturated rings. The van der Waals surface area contributed by atoms with Crippen molar-refractivity contribution in [3.8, 4) is 5.75 Å². The molecule has 1 aliphatic rings. The number of aromatic hydroxyl groups is 1. The first-order chi connectivity index (χ1) is 7.29. The molecule has 78 valence electrons. The molecule has 4 nitrogen and oxygen atoms in total. The zero-order valence-electron chi connectivity index (χ0n) is 8.35. The molecule has 0 unspecified atom stereocenters. The van der Waals surface area contributed by atoms with Crippen LogP contribution in [0.1, 0.15) is 24.7 Å².